The van der Waals surface area contributed by atoms with Gasteiger partial charge in [0.15, 0.2) is 6.29 Å². The van der Waals surface area contributed by atoms with E-state index in [1.54, 1.807) is 23.1 Å². The maximum atomic E-state index is 13.9. The molecular weight excluding hydrogens is 395 g/mol. The minimum atomic E-state index is -0.458. The van der Waals surface area contributed by atoms with Gasteiger partial charge in [-0.05, 0) is 52.6 Å². The number of amides is 1. The maximum absolute atomic E-state index is 13.9. The molecule has 0 spiro atoms. The number of aldehydes is 1. The van der Waals surface area contributed by atoms with Crippen molar-refractivity contribution >= 4 is 29.0 Å². The van der Waals surface area contributed by atoms with Crippen molar-refractivity contribution in [2.45, 2.75) is 13.1 Å². The fraction of sp³-hybridized carbons (Fsp3) is 0.0833. The van der Waals surface area contributed by atoms with E-state index in [-0.39, 0.29) is 17.5 Å². The molecule has 0 bridgehead atoms. The number of hydrogen-bond acceptors (Lipinski definition) is 5. The van der Waals surface area contributed by atoms with Gasteiger partial charge in [-0.15, -0.1) is 0 Å². The third-order valence-electron chi connectivity index (χ3n) is 5.50. The molecule has 1 amide bonds. The van der Waals surface area contributed by atoms with Crippen LogP contribution in [0.5, 0.6) is 0 Å². The first-order chi connectivity index (χ1) is 15.0. The Hall–Kier alpha value is -4.13. The van der Waals surface area contributed by atoms with E-state index in [1.807, 2.05) is 24.3 Å². The standard InChI is InChI=1S/C24H17FN4O2/c25-18-7-5-17(13-30)19(10-18)14-6-8-21-20(9-14)22(28-24(26)27-21)23(31)29-11-15-3-1-2-4-16(15)12-29/h1-10,13H,11-12H2,(H2,26,27,28). The van der Waals surface area contributed by atoms with E-state index in [0.717, 1.165) is 11.1 Å². The van der Waals surface area contributed by atoms with Crippen LogP contribution in [0.4, 0.5) is 10.3 Å². The van der Waals surface area contributed by atoms with Gasteiger partial charge in [0, 0.05) is 24.0 Å². The number of nitrogens with zero attached hydrogens (tertiary/aromatic N) is 3. The smallest absolute Gasteiger partial charge is 0.273 e. The number of carbonyl (C=O) groups is 2. The SMILES string of the molecule is Nc1nc(C(=O)N2Cc3ccccc3C2)c2cc(-c3cc(F)ccc3C=O)ccc2n1. The number of carbonyl (C=O) groups excluding carboxylic acids is 2. The largest absolute Gasteiger partial charge is 0.368 e. The number of hydrogen-bond donors (Lipinski definition) is 1. The Balaban J connectivity index is 1.62. The number of nitrogens with two attached hydrogens (primary N) is 1. The van der Waals surface area contributed by atoms with Crippen molar-refractivity contribution in [2.24, 2.45) is 0 Å². The highest BCUT2D eigenvalue weighted by Gasteiger charge is 2.27. The molecule has 0 radical (unpaired) electrons. The lowest BCUT2D eigenvalue weighted by Crippen LogP contribution is -2.27. The Morgan fingerprint density at radius 3 is 2.45 bits per heavy atom. The molecule has 1 aliphatic rings. The summed E-state index contributed by atoms with van der Waals surface area (Å²) in [4.78, 5) is 35.0. The lowest BCUT2D eigenvalue weighted by atomic mass is 9.98. The Kier molecular flexibility index (Phi) is 4.43. The summed E-state index contributed by atoms with van der Waals surface area (Å²) in [5, 5.41) is 0.494. The lowest BCUT2D eigenvalue weighted by Gasteiger charge is -2.17. The first-order valence-electron chi connectivity index (χ1n) is 9.72. The summed E-state index contributed by atoms with van der Waals surface area (Å²) in [6, 6.07) is 17.0. The highest BCUT2D eigenvalue weighted by Crippen LogP contribution is 2.30. The molecule has 0 atom stereocenters. The molecule has 31 heavy (non-hydrogen) atoms. The first-order valence-corrected chi connectivity index (χ1v) is 9.72. The Morgan fingerprint density at radius 1 is 1.00 bits per heavy atom. The molecule has 0 unspecified atom stereocenters. The number of anilines is 1. The number of benzene rings is 3. The Morgan fingerprint density at radius 2 is 1.74 bits per heavy atom. The summed E-state index contributed by atoms with van der Waals surface area (Å²) in [7, 11) is 0. The Bertz CT molecular complexity index is 1340. The first kappa shape index (κ1) is 18.9. The number of aromatic nitrogens is 2. The van der Waals surface area contributed by atoms with Gasteiger partial charge in [0.2, 0.25) is 5.95 Å². The molecule has 2 N–H and O–H groups in total. The van der Waals surface area contributed by atoms with Crippen LogP contribution in [0.1, 0.15) is 32.0 Å². The maximum Gasteiger partial charge on any atom is 0.273 e. The van der Waals surface area contributed by atoms with E-state index in [9.17, 15) is 14.0 Å². The quantitative estimate of drug-likeness (QED) is 0.514. The fourth-order valence-corrected chi connectivity index (χ4v) is 3.98. The van der Waals surface area contributed by atoms with Gasteiger partial charge < -0.3 is 10.6 Å². The van der Waals surface area contributed by atoms with E-state index in [1.165, 1.54) is 18.2 Å². The van der Waals surface area contributed by atoms with Gasteiger partial charge in [0.05, 0.1) is 5.52 Å². The molecule has 3 aromatic carbocycles. The number of nitrogen functional groups attached to an aromatic ring is 1. The van der Waals surface area contributed by atoms with Crippen molar-refractivity contribution < 1.29 is 14.0 Å². The van der Waals surface area contributed by atoms with E-state index < -0.39 is 5.82 Å². The van der Waals surface area contributed by atoms with Crippen molar-refractivity contribution in [3.8, 4) is 11.1 Å². The lowest BCUT2D eigenvalue weighted by molar-refractivity contribution is 0.0747. The molecule has 2 heterocycles. The fourth-order valence-electron chi connectivity index (χ4n) is 3.98. The molecule has 7 heteroatoms. The van der Waals surface area contributed by atoms with Gasteiger partial charge in [-0.25, -0.2) is 14.4 Å². The van der Waals surface area contributed by atoms with Crippen molar-refractivity contribution in [1.29, 1.82) is 0 Å². The second kappa shape index (κ2) is 7.28. The molecule has 4 aromatic rings. The zero-order valence-electron chi connectivity index (χ0n) is 16.4. The van der Waals surface area contributed by atoms with Crippen LogP contribution in [0.2, 0.25) is 0 Å². The van der Waals surface area contributed by atoms with Crippen molar-refractivity contribution in [1.82, 2.24) is 14.9 Å². The minimum absolute atomic E-state index is 0.000327. The van der Waals surface area contributed by atoms with Gasteiger partial charge in [0.1, 0.15) is 11.5 Å². The van der Waals surface area contributed by atoms with Crippen molar-refractivity contribution in [3.63, 3.8) is 0 Å². The molecule has 6 nitrogen and oxygen atoms in total. The third-order valence-corrected chi connectivity index (χ3v) is 5.50. The summed E-state index contributed by atoms with van der Waals surface area (Å²) < 4.78 is 13.9. The zero-order chi connectivity index (χ0) is 21.5. The number of fused-ring (bicyclic) bond motifs is 2. The van der Waals surface area contributed by atoms with Gasteiger partial charge in [-0.2, -0.15) is 0 Å². The molecule has 1 aliphatic heterocycles. The van der Waals surface area contributed by atoms with E-state index in [0.29, 0.717) is 47.0 Å². The van der Waals surface area contributed by atoms with E-state index in [2.05, 4.69) is 9.97 Å². The molecule has 0 saturated carbocycles. The average molecular weight is 412 g/mol. The van der Waals surface area contributed by atoms with Crippen LogP contribution in [0.15, 0.2) is 60.7 Å². The van der Waals surface area contributed by atoms with Crippen LogP contribution in [0.25, 0.3) is 22.0 Å². The highest BCUT2D eigenvalue weighted by molar-refractivity contribution is 6.06. The molecule has 0 fully saturated rings. The van der Waals surface area contributed by atoms with Crippen LogP contribution in [-0.2, 0) is 13.1 Å². The number of halogens is 1. The van der Waals surface area contributed by atoms with Gasteiger partial charge in [0.25, 0.3) is 5.91 Å². The molecular formula is C24H17FN4O2. The molecule has 0 aliphatic carbocycles. The van der Waals surface area contributed by atoms with Crippen LogP contribution in [0.3, 0.4) is 0 Å². The van der Waals surface area contributed by atoms with Crippen molar-refractivity contribution in [3.05, 3.63) is 88.9 Å². The summed E-state index contributed by atoms with van der Waals surface area (Å²) in [5.41, 5.74) is 10.1. The second-order valence-electron chi connectivity index (χ2n) is 7.44. The molecule has 5 rings (SSSR count). The predicted octanol–water partition coefficient (Wildman–Crippen LogP) is 3.99. The summed E-state index contributed by atoms with van der Waals surface area (Å²) >= 11 is 0. The third kappa shape index (κ3) is 3.30. The Labute approximate surface area is 177 Å². The summed E-state index contributed by atoms with van der Waals surface area (Å²) in [6.45, 7) is 0.971. The molecule has 1 aromatic heterocycles. The van der Waals surface area contributed by atoms with Crippen LogP contribution < -0.4 is 5.73 Å². The van der Waals surface area contributed by atoms with Crippen molar-refractivity contribution in [2.75, 3.05) is 5.73 Å². The second-order valence-corrected chi connectivity index (χ2v) is 7.44. The van der Waals surface area contributed by atoms with Gasteiger partial charge in [-0.3, -0.25) is 9.59 Å². The van der Waals surface area contributed by atoms with E-state index in [4.69, 9.17) is 5.73 Å². The van der Waals surface area contributed by atoms with E-state index >= 15 is 0 Å². The normalized spacial score (nSPS) is 12.7. The molecule has 0 saturated heterocycles. The predicted molar refractivity (Wildman–Crippen MR) is 115 cm³/mol. The number of rotatable bonds is 3. The van der Waals surface area contributed by atoms with Crippen LogP contribution >= 0.6 is 0 Å². The topological polar surface area (TPSA) is 89.2 Å². The minimum Gasteiger partial charge on any atom is -0.368 e. The van der Waals surface area contributed by atoms with Gasteiger partial charge >= 0.3 is 0 Å². The van der Waals surface area contributed by atoms with Crippen LogP contribution in [0, 0.1) is 5.82 Å². The monoisotopic (exact) mass is 412 g/mol. The summed E-state index contributed by atoms with van der Waals surface area (Å²) in [6.07, 6.45) is 0.673. The van der Waals surface area contributed by atoms with Gasteiger partial charge in [-0.1, -0.05) is 30.3 Å². The zero-order valence-corrected chi connectivity index (χ0v) is 16.4. The average Bonchev–Trinajstić information content (AvgIpc) is 3.22. The highest BCUT2D eigenvalue weighted by atomic mass is 19.1. The summed E-state index contributed by atoms with van der Waals surface area (Å²) in [5.74, 6) is -0.720. The molecule has 152 valence electrons. The van der Waals surface area contributed by atoms with Crippen LogP contribution in [-0.4, -0.2) is 27.1 Å².